The highest BCUT2D eigenvalue weighted by atomic mass is 35.5. The number of aromatic nitrogens is 1. The van der Waals surface area contributed by atoms with E-state index in [4.69, 9.17) is 11.6 Å². The molecule has 2 aromatic rings. The van der Waals surface area contributed by atoms with Gasteiger partial charge in [-0.25, -0.2) is 13.2 Å². The van der Waals surface area contributed by atoms with Gasteiger partial charge in [-0.15, -0.1) is 0 Å². The predicted octanol–water partition coefficient (Wildman–Crippen LogP) is 2.32. The summed E-state index contributed by atoms with van der Waals surface area (Å²) >= 11 is 5.88. The van der Waals surface area contributed by atoms with Crippen LogP contribution in [-0.4, -0.2) is 26.5 Å². The van der Waals surface area contributed by atoms with Crippen LogP contribution in [0.1, 0.15) is 10.4 Å². The van der Waals surface area contributed by atoms with Crippen molar-refractivity contribution in [3.05, 3.63) is 53.3 Å². The number of ether oxygens (including phenoxy) is 1. The van der Waals surface area contributed by atoms with Crippen LogP contribution in [0.5, 0.6) is 0 Å². The molecule has 6 nitrogen and oxygen atoms in total. The molecule has 0 aliphatic heterocycles. The number of halogens is 1. The molecule has 0 spiro atoms. The Hall–Kier alpha value is -2.12. The van der Waals surface area contributed by atoms with E-state index in [-0.39, 0.29) is 21.2 Å². The number of rotatable bonds is 4. The summed E-state index contributed by atoms with van der Waals surface area (Å²) in [5.74, 6) is -0.540. The van der Waals surface area contributed by atoms with Crippen LogP contribution in [0.25, 0.3) is 0 Å². The summed E-state index contributed by atoms with van der Waals surface area (Å²) in [4.78, 5) is 15.1. The molecule has 0 saturated heterocycles. The van der Waals surface area contributed by atoms with Crippen molar-refractivity contribution in [2.75, 3.05) is 11.8 Å². The van der Waals surface area contributed by atoms with Crippen LogP contribution in [0.4, 0.5) is 5.69 Å². The first-order valence-electron chi connectivity index (χ1n) is 5.75. The summed E-state index contributed by atoms with van der Waals surface area (Å²) in [6.07, 6.45) is 2.76. The number of hydrogen-bond acceptors (Lipinski definition) is 5. The van der Waals surface area contributed by atoms with Crippen LogP contribution in [-0.2, 0) is 14.8 Å². The number of hydrogen-bond donors (Lipinski definition) is 1. The van der Waals surface area contributed by atoms with Gasteiger partial charge in [-0.3, -0.25) is 9.71 Å². The van der Waals surface area contributed by atoms with Gasteiger partial charge in [0.2, 0.25) is 0 Å². The van der Waals surface area contributed by atoms with E-state index in [0.717, 1.165) is 0 Å². The molecule has 8 heteroatoms. The van der Waals surface area contributed by atoms with Crippen LogP contribution in [0.15, 0.2) is 47.6 Å². The van der Waals surface area contributed by atoms with Gasteiger partial charge in [0.1, 0.15) is 0 Å². The topological polar surface area (TPSA) is 85.4 Å². The minimum atomic E-state index is -3.81. The number of carbonyl (C=O) groups is 1. The van der Waals surface area contributed by atoms with Gasteiger partial charge in [0, 0.05) is 6.20 Å². The lowest BCUT2D eigenvalue weighted by Crippen LogP contribution is -2.13. The maximum atomic E-state index is 12.2. The third kappa shape index (κ3) is 3.50. The normalized spacial score (nSPS) is 11.0. The van der Waals surface area contributed by atoms with Gasteiger partial charge in [-0.2, -0.15) is 0 Å². The van der Waals surface area contributed by atoms with Gasteiger partial charge in [-0.05, 0) is 30.3 Å². The molecule has 21 heavy (non-hydrogen) atoms. The first-order chi connectivity index (χ1) is 9.94. The van der Waals surface area contributed by atoms with Crippen molar-refractivity contribution in [2.24, 2.45) is 0 Å². The number of nitrogens with one attached hydrogen (secondary N) is 1. The molecule has 0 aliphatic rings. The highest BCUT2D eigenvalue weighted by molar-refractivity contribution is 7.92. The number of carbonyl (C=O) groups excluding carboxylic acids is 1. The standard InChI is InChI=1S/C13H11ClN2O4S/c1-20-13(17)9-2-4-10(5-3-9)21(18,19)16-12-8-15-7-6-11(12)14/h2-8,16H,1H3. The highest BCUT2D eigenvalue weighted by Gasteiger charge is 2.16. The second-order valence-corrected chi connectivity index (χ2v) is 6.07. The van der Waals surface area contributed by atoms with E-state index in [9.17, 15) is 13.2 Å². The summed E-state index contributed by atoms with van der Waals surface area (Å²) in [5.41, 5.74) is 0.437. The largest absolute Gasteiger partial charge is 0.465 e. The predicted molar refractivity (Wildman–Crippen MR) is 77.8 cm³/mol. The molecule has 1 N–H and O–H groups in total. The van der Waals surface area contributed by atoms with Gasteiger partial charge in [-0.1, -0.05) is 11.6 Å². The van der Waals surface area contributed by atoms with Crippen molar-refractivity contribution in [2.45, 2.75) is 4.90 Å². The smallest absolute Gasteiger partial charge is 0.337 e. The monoisotopic (exact) mass is 326 g/mol. The maximum absolute atomic E-state index is 12.2. The lowest BCUT2D eigenvalue weighted by molar-refractivity contribution is 0.0600. The van der Waals surface area contributed by atoms with Crippen molar-refractivity contribution in [3.8, 4) is 0 Å². The van der Waals surface area contributed by atoms with E-state index in [1.165, 1.54) is 49.8 Å². The van der Waals surface area contributed by atoms with Crippen LogP contribution in [0, 0.1) is 0 Å². The average Bonchev–Trinajstić information content (AvgIpc) is 2.49. The fraction of sp³-hybridized carbons (Fsp3) is 0.0769. The molecule has 0 fully saturated rings. The van der Waals surface area contributed by atoms with Crippen molar-refractivity contribution >= 4 is 33.3 Å². The minimum absolute atomic E-state index is 0.00456. The Morgan fingerprint density at radius 2 is 1.90 bits per heavy atom. The van der Waals surface area contributed by atoms with E-state index < -0.39 is 16.0 Å². The zero-order chi connectivity index (χ0) is 15.5. The number of esters is 1. The molecular formula is C13H11ClN2O4S. The van der Waals surface area contributed by atoms with Gasteiger partial charge < -0.3 is 4.74 Å². The van der Waals surface area contributed by atoms with Crippen molar-refractivity contribution in [1.82, 2.24) is 4.98 Å². The summed E-state index contributed by atoms with van der Waals surface area (Å²) in [6.45, 7) is 0. The van der Waals surface area contributed by atoms with Crippen molar-refractivity contribution < 1.29 is 17.9 Å². The Kier molecular flexibility index (Phi) is 4.44. The van der Waals surface area contributed by atoms with Crippen molar-refractivity contribution in [3.63, 3.8) is 0 Å². The lowest BCUT2D eigenvalue weighted by atomic mass is 10.2. The molecule has 0 unspecified atom stereocenters. The number of methoxy groups -OCH3 is 1. The first-order valence-corrected chi connectivity index (χ1v) is 7.61. The summed E-state index contributed by atoms with van der Waals surface area (Å²) < 4.78 is 31.3. The van der Waals surface area contributed by atoms with E-state index in [2.05, 4.69) is 14.4 Å². The van der Waals surface area contributed by atoms with Gasteiger partial charge in [0.25, 0.3) is 10.0 Å². The maximum Gasteiger partial charge on any atom is 0.337 e. The fourth-order valence-electron chi connectivity index (χ4n) is 1.54. The zero-order valence-electron chi connectivity index (χ0n) is 10.9. The summed E-state index contributed by atoms with van der Waals surface area (Å²) in [7, 11) is -2.56. The molecule has 1 aromatic carbocycles. The first kappa shape index (κ1) is 15.3. The second-order valence-electron chi connectivity index (χ2n) is 3.98. The van der Waals surface area contributed by atoms with E-state index in [1.54, 1.807) is 0 Å². The zero-order valence-corrected chi connectivity index (χ0v) is 12.5. The Labute approximate surface area is 126 Å². The molecular weight excluding hydrogens is 316 g/mol. The van der Waals surface area contributed by atoms with Crippen LogP contribution >= 0.6 is 11.6 Å². The van der Waals surface area contributed by atoms with Crippen LogP contribution < -0.4 is 4.72 Å². The lowest BCUT2D eigenvalue weighted by Gasteiger charge is -2.09. The number of sulfonamides is 1. The molecule has 110 valence electrons. The summed E-state index contributed by atoms with van der Waals surface area (Å²) in [6, 6.07) is 6.81. The molecule has 2 rings (SSSR count). The van der Waals surface area contributed by atoms with E-state index >= 15 is 0 Å². The van der Waals surface area contributed by atoms with E-state index in [0.29, 0.717) is 0 Å². The Morgan fingerprint density at radius 1 is 1.24 bits per heavy atom. The SMILES string of the molecule is COC(=O)c1ccc(S(=O)(=O)Nc2cnccc2Cl)cc1. The quantitative estimate of drug-likeness (QED) is 0.871. The van der Waals surface area contributed by atoms with Crippen LogP contribution in [0.3, 0.4) is 0 Å². The number of pyridine rings is 1. The molecule has 0 radical (unpaired) electrons. The number of anilines is 1. The van der Waals surface area contributed by atoms with E-state index in [1.807, 2.05) is 0 Å². The van der Waals surface area contributed by atoms with Gasteiger partial charge in [0.15, 0.2) is 0 Å². The molecule has 0 amide bonds. The molecule has 1 heterocycles. The van der Waals surface area contributed by atoms with Crippen molar-refractivity contribution in [1.29, 1.82) is 0 Å². The number of benzene rings is 1. The Morgan fingerprint density at radius 3 is 2.48 bits per heavy atom. The molecule has 0 saturated carbocycles. The Bertz CT molecular complexity index is 760. The van der Waals surface area contributed by atoms with Gasteiger partial charge >= 0.3 is 5.97 Å². The minimum Gasteiger partial charge on any atom is -0.465 e. The second kappa shape index (κ2) is 6.11. The highest BCUT2D eigenvalue weighted by Crippen LogP contribution is 2.23. The fourth-order valence-corrected chi connectivity index (χ4v) is 2.82. The molecule has 0 aliphatic carbocycles. The third-order valence-electron chi connectivity index (χ3n) is 2.60. The van der Waals surface area contributed by atoms with Gasteiger partial charge in [0.05, 0.1) is 34.5 Å². The molecule has 0 bridgehead atoms. The average molecular weight is 327 g/mol. The molecule has 0 atom stereocenters. The molecule has 1 aromatic heterocycles. The third-order valence-corrected chi connectivity index (χ3v) is 4.31. The number of nitrogens with zero attached hydrogens (tertiary/aromatic N) is 1. The van der Waals surface area contributed by atoms with Crippen LogP contribution in [0.2, 0.25) is 5.02 Å². The Balaban J connectivity index is 2.28. The summed E-state index contributed by atoms with van der Waals surface area (Å²) in [5, 5.41) is 0.236.